The molecule has 0 aliphatic carbocycles. The topological polar surface area (TPSA) is 86.2 Å². The quantitative estimate of drug-likeness (QED) is 0.649. The number of rotatable bonds is 10. The van der Waals surface area contributed by atoms with Gasteiger partial charge in [0.15, 0.2) is 0 Å². The molecule has 0 heterocycles. The van der Waals surface area contributed by atoms with E-state index in [0.717, 1.165) is 44.1 Å². The maximum Gasteiger partial charge on any atom is 0.227 e. The van der Waals surface area contributed by atoms with Crippen LogP contribution in [0.1, 0.15) is 57.4 Å². The zero-order chi connectivity index (χ0) is 15.7. The van der Waals surface area contributed by atoms with E-state index < -0.39 is 5.41 Å². The van der Waals surface area contributed by atoms with Gasteiger partial charge in [-0.1, -0.05) is 56.0 Å². The van der Waals surface area contributed by atoms with E-state index in [-0.39, 0.29) is 11.8 Å². The Hall–Kier alpha value is -1.84. The monoisotopic (exact) mass is 290 g/mol. The summed E-state index contributed by atoms with van der Waals surface area (Å²) in [6.07, 6.45) is 6.10. The summed E-state index contributed by atoms with van der Waals surface area (Å²) in [4.78, 5) is 22.5. The molecular formula is C17H26N2O2. The normalized spacial score (nSPS) is 13.6. The van der Waals surface area contributed by atoms with Crippen molar-refractivity contribution in [2.75, 3.05) is 0 Å². The van der Waals surface area contributed by atoms with Gasteiger partial charge in [0, 0.05) is 6.42 Å². The summed E-state index contributed by atoms with van der Waals surface area (Å²) in [6.45, 7) is 1.91. The molecule has 0 bridgehead atoms. The summed E-state index contributed by atoms with van der Waals surface area (Å²) in [5, 5.41) is 0. The third kappa shape index (κ3) is 5.58. The second-order valence-electron chi connectivity index (χ2n) is 5.80. The second-order valence-corrected chi connectivity index (χ2v) is 5.80. The van der Waals surface area contributed by atoms with E-state index in [1.165, 1.54) is 0 Å². The number of primary amides is 2. The SMILES string of the molecule is CC(CCCCCCCC(N)=O)(C(N)=O)c1ccccc1. The van der Waals surface area contributed by atoms with Crippen LogP contribution in [-0.4, -0.2) is 11.8 Å². The zero-order valence-corrected chi connectivity index (χ0v) is 12.8. The second kappa shape index (κ2) is 8.45. The molecule has 0 aliphatic rings. The van der Waals surface area contributed by atoms with Crippen LogP contribution in [0.5, 0.6) is 0 Å². The van der Waals surface area contributed by atoms with Crippen molar-refractivity contribution in [3.8, 4) is 0 Å². The van der Waals surface area contributed by atoms with Crippen molar-refractivity contribution in [2.24, 2.45) is 11.5 Å². The highest BCUT2D eigenvalue weighted by Crippen LogP contribution is 2.29. The zero-order valence-electron chi connectivity index (χ0n) is 12.8. The van der Waals surface area contributed by atoms with Gasteiger partial charge >= 0.3 is 0 Å². The Morgan fingerprint density at radius 3 is 2.10 bits per heavy atom. The Morgan fingerprint density at radius 1 is 0.952 bits per heavy atom. The van der Waals surface area contributed by atoms with Crippen LogP contribution in [0.4, 0.5) is 0 Å². The van der Waals surface area contributed by atoms with Crippen molar-refractivity contribution < 1.29 is 9.59 Å². The van der Waals surface area contributed by atoms with Crippen molar-refractivity contribution in [3.05, 3.63) is 35.9 Å². The van der Waals surface area contributed by atoms with E-state index >= 15 is 0 Å². The molecule has 2 amide bonds. The summed E-state index contributed by atoms with van der Waals surface area (Å²) in [5.74, 6) is -0.511. The third-order valence-corrected chi connectivity index (χ3v) is 4.05. The first-order valence-corrected chi connectivity index (χ1v) is 7.60. The van der Waals surface area contributed by atoms with Crippen LogP contribution in [-0.2, 0) is 15.0 Å². The number of carbonyl (C=O) groups is 2. The average Bonchev–Trinajstić information content (AvgIpc) is 2.46. The van der Waals surface area contributed by atoms with Gasteiger partial charge in [-0.05, 0) is 25.3 Å². The highest BCUT2D eigenvalue weighted by Gasteiger charge is 2.32. The maximum absolute atomic E-state index is 11.8. The summed E-state index contributed by atoms with van der Waals surface area (Å²) >= 11 is 0. The first-order valence-electron chi connectivity index (χ1n) is 7.60. The number of amides is 2. The third-order valence-electron chi connectivity index (χ3n) is 4.05. The van der Waals surface area contributed by atoms with Gasteiger partial charge in [0.25, 0.3) is 0 Å². The number of benzene rings is 1. The number of hydrogen-bond acceptors (Lipinski definition) is 2. The Kier molecular flexibility index (Phi) is 6.92. The molecule has 4 heteroatoms. The molecule has 1 aromatic carbocycles. The van der Waals surface area contributed by atoms with E-state index in [1.807, 2.05) is 37.3 Å². The largest absolute Gasteiger partial charge is 0.370 e. The van der Waals surface area contributed by atoms with E-state index in [9.17, 15) is 9.59 Å². The Bertz CT molecular complexity index is 459. The molecule has 0 fully saturated rings. The van der Waals surface area contributed by atoms with Crippen molar-refractivity contribution in [1.82, 2.24) is 0 Å². The minimum atomic E-state index is -0.603. The molecule has 0 aliphatic heterocycles. The lowest BCUT2D eigenvalue weighted by atomic mass is 9.77. The molecule has 4 N–H and O–H groups in total. The number of nitrogens with two attached hydrogens (primary N) is 2. The van der Waals surface area contributed by atoms with Crippen LogP contribution in [0, 0.1) is 0 Å². The van der Waals surface area contributed by atoms with Crippen molar-refractivity contribution in [2.45, 2.75) is 57.3 Å². The summed E-state index contributed by atoms with van der Waals surface area (Å²) < 4.78 is 0. The highest BCUT2D eigenvalue weighted by atomic mass is 16.1. The van der Waals surface area contributed by atoms with E-state index in [2.05, 4.69) is 0 Å². The average molecular weight is 290 g/mol. The van der Waals surface area contributed by atoms with E-state index in [0.29, 0.717) is 6.42 Å². The molecule has 1 unspecified atom stereocenters. The summed E-state index contributed by atoms with van der Waals surface area (Å²) in [6, 6.07) is 9.71. The first-order chi connectivity index (χ1) is 9.97. The van der Waals surface area contributed by atoms with Gasteiger partial charge in [-0.3, -0.25) is 9.59 Å². The summed E-state index contributed by atoms with van der Waals surface area (Å²) in [7, 11) is 0. The van der Waals surface area contributed by atoms with Crippen LogP contribution in [0.25, 0.3) is 0 Å². The van der Waals surface area contributed by atoms with Crippen molar-refractivity contribution in [1.29, 1.82) is 0 Å². The lowest BCUT2D eigenvalue weighted by Crippen LogP contribution is -2.38. The van der Waals surface area contributed by atoms with Gasteiger partial charge in [0.2, 0.25) is 11.8 Å². The number of carbonyl (C=O) groups excluding carboxylic acids is 2. The Morgan fingerprint density at radius 2 is 1.52 bits per heavy atom. The molecule has 0 saturated heterocycles. The fourth-order valence-electron chi connectivity index (χ4n) is 2.52. The molecular weight excluding hydrogens is 264 g/mol. The molecule has 21 heavy (non-hydrogen) atoms. The Labute approximate surface area is 126 Å². The molecule has 1 aromatic rings. The predicted octanol–water partition coefficient (Wildman–Crippen LogP) is 2.65. The molecule has 116 valence electrons. The number of unbranched alkanes of at least 4 members (excludes halogenated alkanes) is 4. The minimum Gasteiger partial charge on any atom is -0.370 e. The van der Waals surface area contributed by atoms with Crippen LogP contribution < -0.4 is 11.5 Å². The summed E-state index contributed by atoms with van der Waals surface area (Å²) in [5.41, 5.74) is 11.1. The minimum absolute atomic E-state index is 0.236. The van der Waals surface area contributed by atoms with Crippen LogP contribution in [0.2, 0.25) is 0 Å². The highest BCUT2D eigenvalue weighted by molar-refractivity contribution is 5.86. The fraction of sp³-hybridized carbons (Fsp3) is 0.529. The molecule has 0 radical (unpaired) electrons. The van der Waals surface area contributed by atoms with E-state index in [1.54, 1.807) is 0 Å². The van der Waals surface area contributed by atoms with E-state index in [4.69, 9.17) is 11.5 Å². The van der Waals surface area contributed by atoms with Gasteiger partial charge in [-0.2, -0.15) is 0 Å². The molecule has 4 nitrogen and oxygen atoms in total. The van der Waals surface area contributed by atoms with Crippen LogP contribution in [0.15, 0.2) is 30.3 Å². The Balaban J connectivity index is 2.39. The van der Waals surface area contributed by atoms with Gasteiger partial charge in [0.05, 0.1) is 5.41 Å². The molecule has 0 aromatic heterocycles. The lowest BCUT2D eigenvalue weighted by molar-refractivity contribution is -0.123. The molecule has 1 atom stereocenters. The van der Waals surface area contributed by atoms with Crippen LogP contribution >= 0.6 is 0 Å². The first kappa shape index (κ1) is 17.2. The lowest BCUT2D eigenvalue weighted by Gasteiger charge is -2.26. The van der Waals surface area contributed by atoms with Crippen molar-refractivity contribution in [3.63, 3.8) is 0 Å². The predicted molar refractivity (Wildman–Crippen MR) is 84.5 cm³/mol. The molecule has 1 rings (SSSR count). The molecule has 0 saturated carbocycles. The maximum atomic E-state index is 11.8. The smallest absolute Gasteiger partial charge is 0.227 e. The van der Waals surface area contributed by atoms with Crippen molar-refractivity contribution >= 4 is 11.8 Å². The van der Waals surface area contributed by atoms with Gasteiger partial charge in [0.1, 0.15) is 0 Å². The van der Waals surface area contributed by atoms with Gasteiger partial charge < -0.3 is 11.5 Å². The van der Waals surface area contributed by atoms with Gasteiger partial charge in [-0.25, -0.2) is 0 Å². The van der Waals surface area contributed by atoms with Gasteiger partial charge in [-0.15, -0.1) is 0 Å². The number of hydrogen-bond donors (Lipinski definition) is 2. The standard InChI is InChI=1S/C17H26N2O2/c1-17(16(19)21,14-10-6-5-7-11-14)13-9-4-2-3-8-12-15(18)20/h5-7,10-11H,2-4,8-9,12-13H2,1H3,(H2,18,20)(H2,19,21). The fourth-order valence-corrected chi connectivity index (χ4v) is 2.52. The molecule has 0 spiro atoms. The van der Waals surface area contributed by atoms with Crippen LogP contribution in [0.3, 0.4) is 0 Å².